The summed E-state index contributed by atoms with van der Waals surface area (Å²) >= 11 is 6.26. The third kappa shape index (κ3) is 4.86. The number of hydrogen-bond donors (Lipinski definition) is 1. The quantitative estimate of drug-likeness (QED) is 0.458. The van der Waals surface area contributed by atoms with Crippen LogP contribution in [-0.4, -0.2) is 23.4 Å². The maximum Gasteiger partial charge on any atom is 0.263 e. The van der Waals surface area contributed by atoms with E-state index in [0.29, 0.717) is 22.4 Å². The Morgan fingerprint density at radius 1 is 1.12 bits per heavy atom. The van der Waals surface area contributed by atoms with Crippen molar-refractivity contribution in [1.29, 1.82) is 0 Å². The molecule has 2 aromatic rings. The standard InChI is InChI=1S/C20H19NO3S2/c1-13-6-7-14(2)17(10-13)24-9-8-23-16-5-3-4-15(11-16)12-18-19(22)21-20(25)26-18/h3-7,10-12H,8-9H2,1-2H3,(H,21,22,25)/b18-12+. The highest BCUT2D eigenvalue weighted by molar-refractivity contribution is 8.26. The molecule has 1 amide bonds. The van der Waals surface area contributed by atoms with Crippen molar-refractivity contribution in [1.82, 2.24) is 5.32 Å². The highest BCUT2D eigenvalue weighted by Gasteiger charge is 2.21. The number of carbonyl (C=O) groups is 1. The topological polar surface area (TPSA) is 47.6 Å². The van der Waals surface area contributed by atoms with Gasteiger partial charge in [-0.2, -0.15) is 0 Å². The fraction of sp³-hybridized carbons (Fsp3) is 0.200. The summed E-state index contributed by atoms with van der Waals surface area (Å²) in [6.07, 6.45) is 1.80. The van der Waals surface area contributed by atoms with E-state index in [2.05, 4.69) is 11.4 Å². The van der Waals surface area contributed by atoms with Crippen LogP contribution < -0.4 is 14.8 Å². The highest BCUT2D eigenvalue weighted by atomic mass is 32.2. The fourth-order valence-corrected chi connectivity index (χ4v) is 3.48. The van der Waals surface area contributed by atoms with Gasteiger partial charge in [-0.15, -0.1) is 0 Å². The molecular weight excluding hydrogens is 366 g/mol. The third-order valence-electron chi connectivity index (χ3n) is 3.75. The summed E-state index contributed by atoms with van der Waals surface area (Å²) in [5.74, 6) is 1.45. The van der Waals surface area contributed by atoms with Crippen molar-refractivity contribution >= 4 is 40.3 Å². The molecule has 1 saturated heterocycles. The molecule has 134 valence electrons. The van der Waals surface area contributed by atoms with Gasteiger partial charge < -0.3 is 14.8 Å². The number of benzene rings is 2. The van der Waals surface area contributed by atoms with Crippen LogP contribution in [0.5, 0.6) is 11.5 Å². The number of rotatable bonds is 6. The molecule has 1 aliphatic heterocycles. The van der Waals surface area contributed by atoms with Crippen LogP contribution in [0.15, 0.2) is 47.4 Å². The largest absolute Gasteiger partial charge is 0.490 e. The van der Waals surface area contributed by atoms with Crippen LogP contribution in [0, 0.1) is 13.8 Å². The van der Waals surface area contributed by atoms with Crippen molar-refractivity contribution < 1.29 is 14.3 Å². The predicted molar refractivity (Wildman–Crippen MR) is 110 cm³/mol. The minimum atomic E-state index is -0.159. The third-order valence-corrected chi connectivity index (χ3v) is 4.91. The Hall–Kier alpha value is -2.31. The molecule has 1 fully saturated rings. The fourth-order valence-electron chi connectivity index (χ4n) is 2.44. The first-order valence-corrected chi connectivity index (χ1v) is 9.41. The summed E-state index contributed by atoms with van der Waals surface area (Å²) in [6, 6.07) is 13.7. The average Bonchev–Trinajstić information content (AvgIpc) is 2.92. The molecule has 0 bridgehead atoms. The van der Waals surface area contributed by atoms with Gasteiger partial charge >= 0.3 is 0 Å². The van der Waals surface area contributed by atoms with Crippen LogP contribution in [0.4, 0.5) is 0 Å². The zero-order valence-corrected chi connectivity index (χ0v) is 16.2. The Bertz CT molecular complexity index is 877. The molecule has 0 saturated carbocycles. The van der Waals surface area contributed by atoms with Crippen molar-refractivity contribution in [3.8, 4) is 11.5 Å². The van der Waals surface area contributed by atoms with Crippen molar-refractivity contribution in [2.24, 2.45) is 0 Å². The van der Waals surface area contributed by atoms with E-state index in [1.165, 1.54) is 17.3 Å². The maximum absolute atomic E-state index is 11.7. The summed E-state index contributed by atoms with van der Waals surface area (Å²) < 4.78 is 12.0. The van der Waals surface area contributed by atoms with E-state index in [1.54, 1.807) is 6.08 Å². The number of thiocarbonyl (C=S) groups is 1. The molecule has 0 unspecified atom stereocenters. The highest BCUT2D eigenvalue weighted by Crippen LogP contribution is 2.27. The van der Waals surface area contributed by atoms with Gasteiger partial charge in [0.25, 0.3) is 5.91 Å². The Morgan fingerprint density at radius 3 is 2.69 bits per heavy atom. The molecule has 0 radical (unpaired) electrons. The van der Waals surface area contributed by atoms with Gasteiger partial charge in [0.15, 0.2) is 0 Å². The lowest BCUT2D eigenvalue weighted by Gasteiger charge is -2.11. The first kappa shape index (κ1) is 18.5. The van der Waals surface area contributed by atoms with Crippen LogP contribution >= 0.6 is 24.0 Å². The van der Waals surface area contributed by atoms with E-state index in [1.807, 2.05) is 50.2 Å². The summed E-state index contributed by atoms with van der Waals surface area (Å²) in [5, 5.41) is 2.61. The first-order valence-electron chi connectivity index (χ1n) is 8.19. The summed E-state index contributed by atoms with van der Waals surface area (Å²) in [6.45, 7) is 4.96. The van der Waals surface area contributed by atoms with Crippen molar-refractivity contribution in [2.75, 3.05) is 13.2 Å². The van der Waals surface area contributed by atoms with Crippen LogP contribution in [0.3, 0.4) is 0 Å². The summed E-state index contributed by atoms with van der Waals surface area (Å²) in [4.78, 5) is 12.3. The number of aryl methyl sites for hydroxylation is 2. The van der Waals surface area contributed by atoms with Gasteiger partial charge in [-0.1, -0.05) is 48.2 Å². The minimum absolute atomic E-state index is 0.159. The Kier molecular flexibility index (Phi) is 5.96. The Balaban J connectivity index is 1.56. The Labute approximate surface area is 162 Å². The number of hydrogen-bond acceptors (Lipinski definition) is 5. The number of thioether (sulfide) groups is 1. The Morgan fingerprint density at radius 2 is 1.92 bits per heavy atom. The predicted octanol–water partition coefficient (Wildman–Crippen LogP) is 4.25. The first-order chi connectivity index (χ1) is 12.5. The average molecular weight is 386 g/mol. The molecule has 1 aliphatic rings. The van der Waals surface area contributed by atoms with Crippen LogP contribution in [0.1, 0.15) is 16.7 Å². The molecule has 0 aromatic heterocycles. The monoisotopic (exact) mass is 385 g/mol. The van der Waals surface area contributed by atoms with E-state index in [-0.39, 0.29) is 5.91 Å². The molecule has 0 spiro atoms. The molecule has 26 heavy (non-hydrogen) atoms. The van der Waals surface area contributed by atoms with Crippen molar-refractivity contribution in [2.45, 2.75) is 13.8 Å². The second kappa shape index (κ2) is 8.38. The van der Waals surface area contributed by atoms with Crippen LogP contribution in [-0.2, 0) is 4.79 Å². The van der Waals surface area contributed by atoms with E-state index >= 15 is 0 Å². The summed E-state index contributed by atoms with van der Waals surface area (Å²) in [5.41, 5.74) is 3.16. The zero-order valence-electron chi connectivity index (χ0n) is 14.6. The van der Waals surface area contributed by atoms with Gasteiger partial charge in [-0.25, -0.2) is 0 Å². The smallest absolute Gasteiger partial charge is 0.263 e. The van der Waals surface area contributed by atoms with E-state index < -0.39 is 0 Å². The van der Waals surface area contributed by atoms with Crippen LogP contribution in [0.2, 0.25) is 0 Å². The number of amides is 1. The van der Waals surface area contributed by atoms with Gasteiger partial charge in [0, 0.05) is 0 Å². The number of carbonyl (C=O) groups excluding carboxylic acids is 1. The van der Waals surface area contributed by atoms with Gasteiger partial charge in [-0.3, -0.25) is 4.79 Å². The number of ether oxygens (including phenoxy) is 2. The minimum Gasteiger partial charge on any atom is -0.490 e. The molecule has 4 nitrogen and oxygen atoms in total. The SMILES string of the molecule is Cc1ccc(C)c(OCCOc2cccc(/C=C3/SC(=S)NC3=O)c2)c1. The second-order valence-electron chi connectivity index (χ2n) is 5.89. The van der Waals surface area contributed by atoms with E-state index in [9.17, 15) is 4.79 Å². The molecule has 0 aliphatic carbocycles. The molecule has 3 rings (SSSR count). The molecule has 0 atom stereocenters. The normalized spacial score (nSPS) is 15.2. The van der Waals surface area contributed by atoms with Crippen LogP contribution in [0.25, 0.3) is 6.08 Å². The maximum atomic E-state index is 11.7. The lowest BCUT2D eigenvalue weighted by molar-refractivity contribution is -0.115. The number of nitrogens with one attached hydrogen (secondary N) is 1. The molecular formula is C20H19NO3S2. The lowest BCUT2D eigenvalue weighted by atomic mass is 10.1. The van der Waals surface area contributed by atoms with Gasteiger partial charge in [0.05, 0.1) is 4.91 Å². The lowest BCUT2D eigenvalue weighted by Crippen LogP contribution is -2.17. The van der Waals surface area contributed by atoms with Crippen molar-refractivity contribution in [3.05, 3.63) is 64.1 Å². The molecule has 2 aromatic carbocycles. The molecule has 1 heterocycles. The van der Waals surface area contributed by atoms with Gasteiger partial charge in [0.2, 0.25) is 0 Å². The van der Waals surface area contributed by atoms with E-state index in [4.69, 9.17) is 21.7 Å². The molecule has 1 N–H and O–H groups in total. The van der Waals surface area contributed by atoms with Gasteiger partial charge in [0.1, 0.15) is 29.0 Å². The summed E-state index contributed by atoms with van der Waals surface area (Å²) in [7, 11) is 0. The zero-order chi connectivity index (χ0) is 18.5. The van der Waals surface area contributed by atoms with Crippen molar-refractivity contribution in [3.63, 3.8) is 0 Å². The van der Waals surface area contributed by atoms with Gasteiger partial charge in [-0.05, 0) is 54.8 Å². The molecule has 6 heteroatoms. The van der Waals surface area contributed by atoms with E-state index in [0.717, 1.165) is 22.6 Å². The second-order valence-corrected chi connectivity index (χ2v) is 7.61.